The van der Waals surface area contributed by atoms with Gasteiger partial charge in [-0.05, 0) is 64.0 Å². The second kappa shape index (κ2) is 10.1. The molecule has 0 fully saturated rings. The molecule has 0 atom stereocenters. The van der Waals surface area contributed by atoms with Gasteiger partial charge in [0, 0.05) is 10.5 Å². The SMILES string of the molecule is O=C(C=Cc1ccccc1)ONc1ccc(N=NC(=O)c2ccccc2Br)cc1. The second-order valence-electron chi connectivity index (χ2n) is 5.80. The number of amides is 1. The lowest BCUT2D eigenvalue weighted by molar-refractivity contribution is -0.134. The molecule has 6 nitrogen and oxygen atoms in total. The third-order valence-corrected chi connectivity index (χ3v) is 4.40. The highest BCUT2D eigenvalue weighted by atomic mass is 79.9. The molecule has 0 bridgehead atoms. The Hall–Kier alpha value is -3.58. The minimum absolute atomic E-state index is 0.435. The number of benzene rings is 3. The number of nitrogens with zero attached hydrogens (tertiary/aromatic N) is 2. The van der Waals surface area contributed by atoms with Crippen molar-refractivity contribution in [3.63, 3.8) is 0 Å². The molecule has 0 radical (unpaired) electrons. The molecule has 0 unspecified atom stereocenters. The van der Waals surface area contributed by atoms with Crippen LogP contribution in [0.15, 0.2) is 99.6 Å². The van der Waals surface area contributed by atoms with Crippen LogP contribution in [0.1, 0.15) is 15.9 Å². The maximum atomic E-state index is 12.1. The third kappa shape index (κ3) is 6.22. The first-order valence-corrected chi connectivity index (χ1v) is 9.42. The van der Waals surface area contributed by atoms with Crippen molar-refractivity contribution in [1.82, 2.24) is 0 Å². The zero-order valence-corrected chi connectivity index (χ0v) is 16.7. The van der Waals surface area contributed by atoms with E-state index in [9.17, 15) is 9.59 Å². The van der Waals surface area contributed by atoms with Crippen molar-refractivity contribution in [2.24, 2.45) is 10.2 Å². The smallest absolute Gasteiger partial charge is 0.339 e. The van der Waals surface area contributed by atoms with E-state index in [0.717, 1.165) is 5.56 Å². The first-order chi connectivity index (χ1) is 14.1. The molecule has 1 amide bonds. The molecule has 1 N–H and O–H groups in total. The highest BCUT2D eigenvalue weighted by Crippen LogP contribution is 2.20. The Labute approximate surface area is 176 Å². The molecule has 0 spiro atoms. The van der Waals surface area contributed by atoms with Crippen molar-refractivity contribution in [1.29, 1.82) is 0 Å². The Morgan fingerprint density at radius 3 is 2.31 bits per heavy atom. The summed E-state index contributed by atoms with van der Waals surface area (Å²) in [5.41, 5.74) is 4.94. The number of halogens is 1. The van der Waals surface area contributed by atoms with E-state index in [2.05, 4.69) is 31.6 Å². The molecule has 144 valence electrons. The summed E-state index contributed by atoms with van der Waals surface area (Å²) >= 11 is 3.31. The Morgan fingerprint density at radius 1 is 0.897 bits per heavy atom. The predicted octanol–water partition coefficient (Wildman–Crippen LogP) is 5.96. The normalized spacial score (nSPS) is 10.9. The molecule has 3 rings (SSSR count). The van der Waals surface area contributed by atoms with Gasteiger partial charge in [0.15, 0.2) is 0 Å². The molecule has 0 aliphatic carbocycles. The van der Waals surface area contributed by atoms with E-state index in [1.54, 1.807) is 48.5 Å². The van der Waals surface area contributed by atoms with E-state index in [0.29, 0.717) is 21.4 Å². The van der Waals surface area contributed by atoms with Gasteiger partial charge in [-0.3, -0.25) is 4.79 Å². The van der Waals surface area contributed by atoms with Crippen LogP contribution in [0.5, 0.6) is 0 Å². The van der Waals surface area contributed by atoms with Crippen molar-refractivity contribution >= 4 is 45.3 Å². The maximum Gasteiger partial charge on any atom is 0.355 e. The molecule has 0 aliphatic rings. The summed E-state index contributed by atoms with van der Waals surface area (Å²) in [6.45, 7) is 0. The molecule has 0 aromatic heterocycles. The Bertz CT molecular complexity index is 1050. The highest BCUT2D eigenvalue weighted by Gasteiger charge is 2.07. The zero-order chi connectivity index (χ0) is 20.5. The molecular formula is C22H16BrN3O3. The first kappa shape index (κ1) is 20.2. The molecule has 29 heavy (non-hydrogen) atoms. The average molecular weight is 450 g/mol. The van der Waals surface area contributed by atoms with Gasteiger partial charge in [0.25, 0.3) is 5.91 Å². The van der Waals surface area contributed by atoms with Crippen LogP contribution in [-0.2, 0) is 9.63 Å². The highest BCUT2D eigenvalue weighted by molar-refractivity contribution is 9.10. The summed E-state index contributed by atoms with van der Waals surface area (Å²) < 4.78 is 0.659. The topological polar surface area (TPSA) is 80.1 Å². The monoisotopic (exact) mass is 449 g/mol. The van der Waals surface area contributed by atoms with Crippen molar-refractivity contribution in [2.45, 2.75) is 0 Å². The minimum Gasteiger partial charge on any atom is -0.339 e. The quantitative estimate of drug-likeness (QED) is 0.286. The van der Waals surface area contributed by atoms with Crippen molar-refractivity contribution in [3.05, 3.63) is 101 Å². The van der Waals surface area contributed by atoms with Crippen LogP contribution >= 0.6 is 15.9 Å². The van der Waals surface area contributed by atoms with Crippen molar-refractivity contribution in [3.8, 4) is 0 Å². The van der Waals surface area contributed by atoms with Crippen molar-refractivity contribution < 1.29 is 14.4 Å². The predicted molar refractivity (Wildman–Crippen MR) is 115 cm³/mol. The van der Waals surface area contributed by atoms with Gasteiger partial charge in [0.05, 0.1) is 16.9 Å². The fourth-order valence-electron chi connectivity index (χ4n) is 2.26. The summed E-state index contributed by atoms with van der Waals surface area (Å²) in [5, 5.41) is 7.65. The van der Waals surface area contributed by atoms with E-state index in [4.69, 9.17) is 4.84 Å². The lowest BCUT2D eigenvalue weighted by Crippen LogP contribution is -2.07. The van der Waals surface area contributed by atoms with Gasteiger partial charge in [-0.1, -0.05) is 42.5 Å². The number of anilines is 1. The lowest BCUT2D eigenvalue weighted by atomic mass is 10.2. The summed E-state index contributed by atoms with van der Waals surface area (Å²) in [6, 6.07) is 23.0. The number of carbonyl (C=O) groups excluding carboxylic acids is 2. The van der Waals surface area contributed by atoms with Gasteiger partial charge in [0.1, 0.15) is 0 Å². The Balaban J connectivity index is 1.52. The molecule has 0 heterocycles. The average Bonchev–Trinajstić information content (AvgIpc) is 2.76. The van der Waals surface area contributed by atoms with E-state index in [1.165, 1.54) is 6.08 Å². The number of hydrogen-bond acceptors (Lipinski definition) is 5. The van der Waals surface area contributed by atoms with Gasteiger partial charge >= 0.3 is 5.97 Å². The van der Waals surface area contributed by atoms with Crippen LogP contribution < -0.4 is 5.48 Å². The summed E-state index contributed by atoms with van der Waals surface area (Å²) in [6.07, 6.45) is 2.99. The van der Waals surface area contributed by atoms with Crippen LogP contribution in [-0.4, -0.2) is 11.9 Å². The Kier molecular flexibility index (Phi) is 7.02. The molecule has 0 saturated carbocycles. The van der Waals surface area contributed by atoms with E-state index in [1.807, 2.05) is 36.4 Å². The van der Waals surface area contributed by atoms with Crippen LogP contribution in [0.25, 0.3) is 6.08 Å². The summed E-state index contributed by atoms with van der Waals surface area (Å²) in [7, 11) is 0. The van der Waals surface area contributed by atoms with Crippen LogP contribution in [0.3, 0.4) is 0 Å². The second-order valence-corrected chi connectivity index (χ2v) is 6.65. The van der Waals surface area contributed by atoms with Gasteiger partial charge < -0.3 is 4.84 Å². The number of carbonyl (C=O) groups is 2. The van der Waals surface area contributed by atoms with Crippen LogP contribution in [0.4, 0.5) is 11.4 Å². The maximum absolute atomic E-state index is 12.1. The molecule has 0 saturated heterocycles. The molecule has 0 aliphatic heterocycles. The molecule has 7 heteroatoms. The fourth-order valence-corrected chi connectivity index (χ4v) is 2.71. The van der Waals surface area contributed by atoms with E-state index < -0.39 is 11.9 Å². The van der Waals surface area contributed by atoms with Crippen LogP contribution in [0.2, 0.25) is 0 Å². The van der Waals surface area contributed by atoms with Gasteiger partial charge in [-0.2, -0.15) is 0 Å². The van der Waals surface area contributed by atoms with E-state index >= 15 is 0 Å². The standard InChI is InChI=1S/C22H16BrN3O3/c23-20-9-5-4-8-19(20)22(28)25-24-17-11-13-18(14-12-17)26-29-21(27)15-10-16-6-2-1-3-7-16/h1-15,26H. The summed E-state index contributed by atoms with van der Waals surface area (Å²) in [5.74, 6) is -0.976. The van der Waals surface area contributed by atoms with Gasteiger partial charge in [-0.25, -0.2) is 10.3 Å². The summed E-state index contributed by atoms with van der Waals surface area (Å²) in [4.78, 5) is 28.8. The van der Waals surface area contributed by atoms with E-state index in [-0.39, 0.29) is 0 Å². The van der Waals surface area contributed by atoms with Gasteiger partial charge in [-0.15, -0.1) is 10.2 Å². The number of hydrogen-bond donors (Lipinski definition) is 1. The molecule has 3 aromatic rings. The fraction of sp³-hybridized carbons (Fsp3) is 0. The largest absolute Gasteiger partial charge is 0.355 e. The minimum atomic E-state index is -0.531. The lowest BCUT2D eigenvalue weighted by Gasteiger charge is -2.04. The number of nitrogens with one attached hydrogen (secondary N) is 1. The van der Waals surface area contributed by atoms with Crippen molar-refractivity contribution in [2.75, 3.05) is 5.48 Å². The molecular weight excluding hydrogens is 434 g/mol. The Morgan fingerprint density at radius 2 is 1.59 bits per heavy atom. The van der Waals surface area contributed by atoms with Gasteiger partial charge in [0.2, 0.25) is 0 Å². The third-order valence-electron chi connectivity index (χ3n) is 3.71. The zero-order valence-electron chi connectivity index (χ0n) is 15.2. The number of azo groups is 1. The first-order valence-electron chi connectivity index (χ1n) is 8.62. The van der Waals surface area contributed by atoms with Crippen LogP contribution in [0, 0.1) is 0 Å². The number of rotatable bonds is 6. The molecule has 3 aromatic carbocycles.